The van der Waals surface area contributed by atoms with Gasteiger partial charge in [0.1, 0.15) is 5.00 Å². The molecule has 0 aliphatic carbocycles. The average Bonchev–Trinajstić information content (AvgIpc) is 2.92. The zero-order valence-electron chi connectivity index (χ0n) is 16.8. The van der Waals surface area contributed by atoms with E-state index in [2.05, 4.69) is 24.5 Å². The Morgan fingerprint density at radius 1 is 1.14 bits per heavy atom. The van der Waals surface area contributed by atoms with E-state index in [1.807, 2.05) is 31.2 Å². The summed E-state index contributed by atoms with van der Waals surface area (Å²) in [7, 11) is 0. The van der Waals surface area contributed by atoms with Crippen molar-refractivity contribution in [2.24, 2.45) is 0 Å². The Bertz CT molecular complexity index is 889. The highest BCUT2D eigenvalue weighted by atomic mass is 32.1. The molecule has 0 unspecified atom stereocenters. The lowest BCUT2D eigenvalue weighted by molar-refractivity contribution is -0.119. The zero-order chi connectivity index (χ0) is 20.8. The van der Waals surface area contributed by atoms with E-state index in [0.717, 1.165) is 28.1 Å². The summed E-state index contributed by atoms with van der Waals surface area (Å²) in [6, 6.07) is 7.60. The number of ether oxygens (including phenoxy) is 1. The number of hydrogen-bond acceptors (Lipinski definition) is 5. The van der Waals surface area contributed by atoms with Crippen molar-refractivity contribution >= 4 is 39.8 Å². The Hall–Kier alpha value is -2.67. The first-order valence-corrected chi connectivity index (χ1v) is 9.99. The van der Waals surface area contributed by atoms with Gasteiger partial charge in [0.05, 0.1) is 5.56 Å². The van der Waals surface area contributed by atoms with Gasteiger partial charge in [0.15, 0.2) is 6.61 Å². The molecule has 0 saturated heterocycles. The van der Waals surface area contributed by atoms with E-state index in [4.69, 9.17) is 4.74 Å². The van der Waals surface area contributed by atoms with Gasteiger partial charge in [-0.2, -0.15) is 0 Å². The molecule has 6 nitrogen and oxygen atoms in total. The summed E-state index contributed by atoms with van der Waals surface area (Å²) in [4.78, 5) is 37.1. The van der Waals surface area contributed by atoms with Crippen molar-refractivity contribution in [3.8, 4) is 0 Å². The van der Waals surface area contributed by atoms with Crippen LogP contribution in [0.4, 0.5) is 10.7 Å². The van der Waals surface area contributed by atoms with Gasteiger partial charge in [-0.3, -0.25) is 9.59 Å². The molecule has 7 heteroatoms. The maximum Gasteiger partial charge on any atom is 0.341 e. The molecule has 28 heavy (non-hydrogen) atoms. The van der Waals surface area contributed by atoms with Gasteiger partial charge in [0.2, 0.25) is 5.91 Å². The molecule has 150 valence electrons. The van der Waals surface area contributed by atoms with Crippen LogP contribution >= 0.6 is 11.3 Å². The van der Waals surface area contributed by atoms with Crippen LogP contribution in [0.1, 0.15) is 59.5 Å². The number of esters is 1. The molecule has 2 rings (SSSR count). The van der Waals surface area contributed by atoms with Gasteiger partial charge in [-0.15, -0.1) is 11.3 Å². The zero-order valence-corrected chi connectivity index (χ0v) is 17.7. The fraction of sp³-hybridized carbons (Fsp3) is 0.381. The van der Waals surface area contributed by atoms with E-state index in [1.54, 1.807) is 6.92 Å². The van der Waals surface area contributed by atoms with E-state index in [9.17, 15) is 14.4 Å². The monoisotopic (exact) mass is 402 g/mol. The van der Waals surface area contributed by atoms with Crippen molar-refractivity contribution in [1.82, 2.24) is 0 Å². The number of rotatable bonds is 7. The van der Waals surface area contributed by atoms with Crippen molar-refractivity contribution < 1.29 is 19.1 Å². The minimum Gasteiger partial charge on any atom is -0.452 e. The van der Waals surface area contributed by atoms with E-state index in [-0.39, 0.29) is 5.91 Å². The fourth-order valence-electron chi connectivity index (χ4n) is 2.77. The SMILES string of the molecule is CC[C@H](C)c1ccccc1NC(=O)COC(=O)c1c(NC(C)=O)sc(C)c1C. The summed E-state index contributed by atoms with van der Waals surface area (Å²) < 4.78 is 5.21. The lowest BCUT2D eigenvalue weighted by atomic mass is 9.97. The summed E-state index contributed by atoms with van der Waals surface area (Å²) in [6.07, 6.45) is 0.949. The normalized spacial score (nSPS) is 11.6. The predicted octanol–water partition coefficient (Wildman–Crippen LogP) is 4.63. The summed E-state index contributed by atoms with van der Waals surface area (Å²) in [5.74, 6) is -1.00. The van der Waals surface area contributed by atoms with Crippen molar-refractivity contribution in [1.29, 1.82) is 0 Å². The highest BCUT2D eigenvalue weighted by Gasteiger charge is 2.22. The molecule has 0 aliphatic heterocycles. The third-order valence-electron chi connectivity index (χ3n) is 4.59. The largest absolute Gasteiger partial charge is 0.452 e. The Morgan fingerprint density at radius 3 is 2.46 bits per heavy atom. The van der Waals surface area contributed by atoms with E-state index >= 15 is 0 Å². The van der Waals surface area contributed by atoms with Crippen molar-refractivity contribution in [2.75, 3.05) is 17.2 Å². The summed E-state index contributed by atoms with van der Waals surface area (Å²) in [5, 5.41) is 5.90. The lowest BCUT2D eigenvalue weighted by Gasteiger charge is -2.15. The summed E-state index contributed by atoms with van der Waals surface area (Å²) in [6.45, 7) is 8.80. The predicted molar refractivity (Wildman–Crippen MR) is 112 cm³/mol. The molecule has 1 atom stereocenters. The lowest BCUT2D eigenvalue weighted by Crippen LogP contribution is -2.22. The Labute approximate surface area is 169 Å². The Morgan fingerprint density at radius 2 is 1.82 bits per heavy atom. The molecule has 2 amide bonds. The molecule has 0 bridgehead atoms. The first-order chi connectivity index (χ1) is 13.2. The highest BCUT2D eigenvalue weighted by Crippen LogP contribution is 2.33. The van der Waals surface area contributed by atoms with Crippen LogP contribution in [0.5, 0.6) is 0 Å². The molecule has 2 aromatic rings. The molecule has 1 heterocycles. The molecule has 1 aromatic carbocycles. The van der Waals surface area contributed by atoms with Gasteiger partial charge in [-0.1, -0.05) is 32.0 Å². The maximum absolute atomic E-state index is 12.5. The second kappa shape index (κ2) is 9.50. The van der Waals surface area contributed by atoms with Crippen LogP contribution in [0, 0.1) is 13.8 Å². The summed E-state index contributed by atoms with van der Waals surface area (Å²) >= 11 is 1.31. The molecule has 0 aliphatic rings. The van der Waals surface area contributed by atoms with E-state index in [0.29, 0.717) is 16.5 Å². The number of aryl methyl sites for hydroxylation is 1. The van der Waals surface area contributed by atoms with Gasteiger partial charge >= 0.3 is 5.97 Å². The Balaban J connectivity index is 2.06. The number of para-hydroxylation sites is 1. The number of nitrogens with one attached hydrogen (secondary N) is 2. The quantitative estimate of drug-likeness (QED) is 0.661. The summed E-state index contributed by atoms with van der Waals surface area (Å²) in [5.41, 5.74) is 2.80. The third-order valence-corrected chi connectivity index (χ3v) is 5.71. The van der Waals surface area contributed by atoms with Gasteiger partial charge < -0.3 is 15.4 Å². The van der Waals surface area contributed by atoms with Gasteiger partial charge in [-0.05, 0) is 43.4 Å². The molecular formula is C21H26N2O4S. The number of carbonyl (C=O) groups excluding carboxylic acids is 3. The van der Waals surface area contributed by atoms with Crippen LogP contribution in [0.15, 0.2) is 24.3 Å². The first kappa shape index (κ1) is 21.6. The molecule has 0 saturated carbocycles. The fourth-order valence-corrected chi connectivity index (χ4v) is 3.87. The first-order valence-electron chi connectivity index (χ1n) is 9.18. The number of amides is 2. The topological polar surface area (TPSA) is 84.5 Å². The average molecular weight is 403 g/mol. The molecule has 0 radical (unpaired) electrons. The minimum absolute atomic E-state index is 0.269. The second-order valence-corrected chi connectivity index (χ2v) is 7.91. The van der Waals surface area contributed by atoms with E-state index < -0.39 is 18.5 Å². The van der Waals surface area contributed by atoms with Crippen LogP contribution in [0.25, 0.3) is 0 Å². The molecule has 2 N–H and O–H groups in total. The van der Waals surface area contributed by atoms with Crippen molar-refractivity contribution in [3.05, 3.63) is 45.8 Å². The smallest absolute Gasteiger partial charge is 0.341 e. The standard InChI is InChI=1S/C21H26N2O4S/c1-6-12(2)16-9-7-8-10-17(16)23-18(25)11-27-21(26)19-13(3)14(4)28-20(19)22-15(5)24/h7-10,12H,6,11H2,1-5H3,(H,22,24)(H,23,25)/t12-/m0/s1. The van der Waals surface area contributed by atoms with Gasteiger partial charge in [0, 0.05) is 17.5 Å². The van der Waals surface area contributed by atoms with E-state index in [1.165, 1.54) is 18.3 Å². The number of hydrogen-bond donors (Lipinski definition) is 2. The third kappa shape index (κ3) is 5.19. The van der Waals surface area contributed by atoms with Gasteiger partial charge in [0.25, 0.3) is 5.91 Å². The Kier molecular flexibility index (Phi) is 7.34. The minimum atomic E-state index is -0.629. The second-order valence-electron chi connectivity index (χ2n) is 6.69. The number of thiophene rings is 1. The molecule has 0 fully saturated rings. The number of carbonyl (C=O) groups is 3. The number of anilines is 2. The van der Waals surface area contributed by atoms with Crippen LogP contribution < -0.4 is 10.6 Å². The van der Waals surface area contributed by atoms with Crippen molar-refractivity contribution in [2.45, 2.75) is 47.0 Å². The van der Waals surface area contributed by atoms with Crippen LogP contribution in [-0.2, 0) is 14.3 Å². The van der Waals surface area contributed by atoms with Crippen molar-refractivity contribution in [3.63, 3.8) is 0 Å². The molecular weight excluding hydrogens is 376 g/mol. The molecule has 1 aromatic heterocycles. The van der Waals surface area contributed by atoms with Crippen LogP contribution in [0.3, 0.4) is 0 Å². The number of benzene rings is 1. The van der Waals surface area contributed by atoms with Crippen LogP contribution in [-0.4, -0.2) is 24.4 Å². The molecule has 0 spiro atoms. The highest BCUT2D eigenvalue weighted by molar-refractivity contribution is 7.16. The maximum atomic E-state index is 12.5. The van der Waals surface area contributed by atoms with Crippen LogP contribution in [0.2, 0.25) is 0 Å². The van der Waals surface area contributed by atoms with Gasteiger partial charge in [-0.25, -0.2) is 4.79 Å².